The molecule has 4 nitrogen and oxygen atoms in total. The first kappa shape index (κ1) is 12.7. The van der Waals surface area contributed by atoms with Crippen LogP contribution in [0.4, 0.5) is 5.69 Å². The van der Waals surface area contributed by atoms with E-state index in [0.717, 1.165) is 12.1 Å². The number of para-hydroxylation sites is 1. The van der Waals surface area contributed by atoms with Crippen molar-refractivity contribution in [2.24, 2.45) is 0 Å². The molecule has 0 aliphatic carbocycles. The van der Waals surface area contributed by atoms with E-state index in [1.54, 1.807) is 12.1 Å². The molecule has 1 amide bonds. The van der Waals surface area contributed by atoms with Gasteiger partial charge >= 0.3 is 0 Å². The van der Waals surface area contributed by atoms with Crippen LogP contribution in [0.15, 0.2) is 24.3 Å². The van der Waals surface area contributed by atoms with Gasteiger partial charge < -0.3 is 15.7 Å². The van der Waals surface area contributed by atoms with Crippen LogP contribution in [-0.4, -0.2) is 24.1 Å². The van der Waals surface area contributed by atoms with Gasteiger partial charge in [-0.1, -0.05) is 25.1 Å². The van der Waals surface area contributed by atoms with Crippen molar-refractivity contribution in [3.05, 3.63) is 29.8 Å². The molecule has 0 saturated carbocycles. The third-order valence-corrected chi connectivity index (χ3v) is 2.24. The third kappa shape index (κ3) is 4.00. The number of aliphatic hydroxyl groups excluding tert-OH is 1. The van der Waals surface area contributed by atoms with E-state index in [1.807, 2.05) is 19.1 Å². The van der Waals surface area contributed by atoms with Crippen LogP contribution >= 0.6 is 0 Å². The molecule has 1 rings (SSSR count). The molecule has 16 heavy (non-hydrogen) atoms. The van der Waals surface area contributed by atoms with Crippen LogP contribution in [0.1, 0.15) is 18.9 Å². The molecule has 1 aromatic rings. The lowest BCUT2D eigenvalue weighted by molar-refractivity contribution is -0.116. The van der Waals surface area contributed by atoms with Gasteiger partial charge in [0.25, 0.3) is 0 Å². The Morgan fingerprint density at radius 2 is 2.12 bits per heavy atom. The second kappa shape index (κ2) is 6.98. The smallest absolute Gasteiger partial charge is 0.225 e. The molecule has 0 aliphatic rings. The fourth-order valence-corrected chi connectivity index (χ4v) is 1.37. The van der Waals surface area contributed by atoms with Gasteiger partial charge in [0.05, 0.1) is 6.61 Å². The lowest BCUT2D eigenvalue weighted by Crippen LogP contribution is -2.21. The zero-order valence-electron chi connectivity index (χ0n) is 9.49. The monoisotopic (exact) mass is 222 g/mol. The van der Waals surface area contributed by atoms with Crippen LogP contribution in [0.2, 0.25) is 0 Å². The molecule has 0 radical (unpaired) electrons. The Hall–Kier alpha value is -1.39. The predicted octanol–water partition coefficient (Wildman–Crippen LogP) is 1.12. The summed E-state index contributed by atoms with van der Waals surface area (Å²) in [6.07, 6.45) is 0.438. The van der Waals surface area contributed by atoms with Crippen LogP contribution in [0.3, 0.4) is 0 Å². The van der Waals surface area contributed by atoms with E-state index in [2.05, 4.69) is 10.6 Å². The van der Waals surface area contributed by atoms with E-state index < -0.39 is 0 Å². The Labute approximate surface area is 95.7 Å². The molecule has 0 spiro atoms. The molecule has 88 valence electrons. The molecule has 4 heteroatoms. The number of amides is 1. The first-order chi connectivity index (χ1) is 7.77. The van der Waals surface area contributed by atoms with E-state index in [4.69, 9.17) is 5.11 Å². The zero-order chi connectivity index (χ0) is 11.8. The second-order valence-electron chi connectivity index (χ2n) is 3.47. The van der Waals surface area contributed by atoms with E-state index in [0.29, 0.717) is 18.7 Å². The summed E-state index contributed by atoms with van der Waals surface area (Å²) in [5.41, 5.74) is 1.42. The Morgan fingerprint density at radius 3 is 2.81 bits per heavy atom. The Kier molecular flexibility index (Phi) is 5.53. The van der Waals surface area contributed by atoms with Crippen molar-refractivity contribution in [1.29, 1.82) is 0 Å². The highest BCUT2D eigenvalue weighted by molar-refractivity contribution is 5.91. The maximum Gasteiger partial charge on any atom is 0.225 e. The van der Waals surface area contributed by atoms with Crippen molar-refractivity contribution >= 4 is 11.6 Å². The minimum absolute atomic E-state index is 0.0400. The predicted molar refractivity (Wildman–Crippen MR) is 64.2 cm³/mol. The largest absolute Gasteiger partial charge is 0.392 e. The van der Waals surface area contributed by atoms with Gasteiger partial charge in [-0.3, -0.25) is 4.79 Å². The van der Waals surface area contributed by atoms with Gasteiger partial charge in [0.1, 0.15) is 0 Å². The molecular weight excluding hydrogens is 204 g/mol. The summed E-state index contributed by atoms with van der Waals surface area (Å²) >= 11 is 0. The average molecular weight is 222 g/mol. The number of benzene rings is 1. The number of rotatable bonds is 6. The summed E-state index contributed by atoms with van der Waals surface area (Å²) in [7, 11) is 0. The molecule has 0 atom stereocenters. The fourth-order valence-electron chi connectivity index (χ4n) is 1.37. The van der Waals surface area contributed by atoms with Gasteiger partial charge in [0, 0.05) is 24.2 Å². The molecule has 0 fully saturated rings. The first-order valence-electron chi connectivity index (χ1n) is 5.47. The molecule has 0 unspecified atom stereocenters. The average Bonchev–Trinajstić information content (AvgIpc) is 2.30. The highest BCUT2D eigenvalue weighted by Gasteiger charge is 2.04. The van der Waals surface area contributed by atoms with Crippen molar-refractivity contribution < 1.29 is 9.90 Å². The number of carbonyl (C=O) groups is 1. The number of nitrogens with one attached hydrogen (secondary N) is 2. The van der Waals surface area contributed by atoms with Gasteiger partial charge in [-0.2, -0.15) is 0 Å². The minimum Gasteiger partial charge on any atom is -0.392 e. The van der Waals surface area contributed by atoms with Crippen molar-refractivity contribution in [2.45, 2.75) is 20.0 Å². The topological polar surface area (TPSA) is 61.4 Å². The van der Waals surface area contributed by atoms with Crippen molar-refractivity contribution in [3.8, 4) is 0 Å². The number of hydrogen-bond acceptors (Lipinski definition) is 3. The SMILES string of the molecule is CCNCCC(=O)Nc1ccccc1CO. The number of aliphatic hydroxyl groups is 1. The molecule has 1 aromatic carbocycles. The standard InChI is InChI=1S/C12H18N2O2/c1-2-13-8-7-12(16)14-11-6-4-3-5-10(11)9-15/h3-6,13,15H,2,7-9H2,1H3,(H,14,16). The van der Waals surface area contributed by atoms with Gasteiger partial charge in [0.15, 0.2) is 0 Å². The molecule has 0 aromatic heterocycles. The molecular formula is C12H18N2O2. The Balaban J connectivity index is 2.49. The zero-order valence-corrected chi connectivity index (χ0v) is 9.49. The molecule has 0 heterocycles. The maximum absolute atomic E-state index is 11.5. The lowest BCUT2D eigenvalue weighted by Gasteiger charge is -2.09. The summed E-state index contributed by atoms with van der Waals surface area (Å²) < 4.78 is 0. The van der Waals surface area contributed by atoms with Gasteiger partial charge in [0.2, 0.25) is 5.91 Å². The van der Waals surface area contributed by atoms with E-state index >= 15 is 0 Å². The summed E-state index contributed by atoms with van der Waals surface area (Å²) in [6, 6.07) is 7.25. The summed E-state index contributed by atoms with van der Waals surface area (Å²) in [4.78, 5) is 11.5. The Morgan fingerprint density at radius 1 is 1.38 bits per heavy atom. The van der Waals surface area contributed by atoms with Crippen molar-refractivity contribution in [1.82, 2.24) is 5.32 Å². The van der Waals surface area contributed by atoms with Gasteiger partial charge in [-0.05, 0) is 12.6 Å². The van der Waals surface area contributed by atoms with E-state index in [-0.39, 0.29) is 12.5 Å². The summed E-state index contributed by atoms with van der Waals surface area (Å²) in [5, 5.41) is 14.9. The molecule has 0 aliphatic heterocycles. The van der Waals surface area contributed by atoms with Crippen LogP contribution in [0.25, 0.3) is 0 Å². The number of anilines is 1. The van der Waals surface area contributed by atoms with Crippen molar-refractivity contribution in [2.75, 3.05) is 18.4 Å². The third-order valence-electron chi connectivity index (χ3n) is 2.24. The number of carbonyl (C=O) groups excluding carboxylic acids is 1. The second-order valence-corrected chi connectivity index (χ2v) is 3.47. The first-order valence-corrected chi connectivity index (χ1v) is 5.47. The number of hydrogen-bond donors (Lipinski definition) is 3. The van der Waals surface area contributed by atoms with E-state index in [1.165, 1.54) is 0 Å². The Bertz CT molecular complexity index is 340. The molecule has 3 N–H and O–H groups in total. The minimum atomic E-state index is -0.0658. The van der Waals surface area contributed by atoms with Gasteiger partial charge in [-0.15, -0.1) is 0 Å². The summed E-state index contributed by atoms with van der Waals surface area (Å²) in [6.45, 7) is 3.47. The van der Waals surface area contributed by atoms with Crippen molar-refractivity contribution in [3.63, 3.8) is 0 Å². The van der Waals surface area contributed by atoms with Crippen LogP contribution in [0, 0.1) is 0 Å². The highest BCUT2D eigenvalue weighted by atomic mass is 16.3. The highest BCUT2D eigenvalue weighted by Crippen LogP contribution is 2.14. The molecule has 0 bridgehead atoms. The molecule has 0 saturated heterocycles. The van der Waals surface area contributed by atoms with E-state index in [9.17, 15) is 4.79 Å². The normalized spacial score (nSPS) is 10.1. The quantitative estimate of drug-likeness (QED) is 0.632. The summed E-state index contributed by atoms with van der Waals surface area (Å²) in [5.74, 6) is -0.0400. The van der Waals surface area contributed by atoms with Crippen LogP contribution in [0.5, 0.6) is 0 Å². The van der Waals surface area contributed by atoms with Crippen LogP contribution < -0.4 is 10.6 Å². The van der Waals surface area contributed by atoms with Gasteiger partial charge in [-0.25, -0.2) is 0 Å². The fraction of sp³-hybridized carbons (Fsp3) is 0.417. The maximum atomic E-state index is 11.5. The van der Waals surface area contributed by atoms with Crippen LogP contribution in [-0.2, 0) is 11.4 Å². The lowest BCUT2D eigenvalue weighted by atomic mass is 10.2.